The summed E-state index contributed by atoms with van der Waals surface area (Å²) < 4.78 is 13.0. The van der Waals surface area contributed by atoms with Gasteiger partial charge in [0.25, 0.3) is 0 Å². The Balaban J connectivity index is 2.01. The largest absolute Gasteiger partial charge is 0.313 e. The van der Waals surface area contributed by atoms with Crippen molar-refractivity contribution in [3.05, 3.63) is 66.0 Å². The van der Waals surface area contributed by atoms with E-state index in [0.717, 1.165) is 24.2 Å². The molecule has 0 aliphatic rings. The fraction of sp³-hybridized carbons (Fsp3) is 0.300. The molecule has 22 heavy (non-hydrogen) atoms. The van der Waals surface area contributed by atoms with E-state index < -0.39 is 0 Å². The van der Waals surface area contributed by atoms with Gasteiger partial charge in [-0.1, -0.05) is 56.3 Å². The van der Waals surface area contributed by atoms with Crippen LogP contribution in [0.3, 0.4) is 0 Å². The van der Waals surface area contributed by atoms with Gasteiger partial charge < -0.3 is 5.32 Å². The predicted octanol–water partition coefficient (Wildman–Crippen LogP) is 5.14. The van der Waals surface area contributed by atoms with Crippen molar-refractivity contribution in [2.75, 3.05) is 13.1 Å². The summed E-state index contributed by atoms with van der Waals surface area (Å²) in [5, 5.41) is 3.42. The van der Waals surface area contributed by atoms with E-state index in [0.29, 0.717) is 5.92 Å². The molecule has 0 saturated heterocycles. The van der Waals surface area contributed by atoms with Crippen molar-refractivity contribution in [3.8, 4) is 11.1 Å². The second-order valence-electron chi connectivity index (χ2n) is 6.02. The van der Waals surface area contributed by atoms with Gasteiger partial charge in [0.15, 0.2) is 0 Å². The summed E-state index contributed by atoms with van der Waals surface area (Å²) in [5.74, 6) is 0.469. The lowest BCUT2D eigenvalue weighted by molar-refractivity contribution is 0.577. The normalized spacial score (nSPS) is 12.0. The van der Waals surface area contributed by atoms with Crippen LogP contribution in [-0.2, 0) is 0 Å². The number of nitrogens with one attached hydrogen (secondary N) is 1. The lowest BCUT2D eigenvalue weighted by Crippen LogP contribution is -2.19. The van der Waals surface area contributed by atoms with E-state index >= 15 is 0 Å². The molecular formula is C20H24FN. The first-order valence-corrected chi connectivity index (χ1v) is 7.80. The highest BCUT2D eigenvalue weighted by Gasteiger charge is 2.00. The topological polar surface area (TPSA) is 12.0 Å². The quantitative estimate of drug-likeness (QED) is 0.728. The van der Waals surface area contributed by atoms with E-state index in [1.807, 2.05) is 12.1 Å². The second-order valence-corrected chi connectivity index (χ2v) is 6.02. The molecular weight excluding hydrogens is 273 g/mol. The van der Waals surface area contributed by atoms with Crippen LogP contribution in [0.25, 0.3) is 16.7 Å². The molecule has 116 valence electrons. The van der Waals surface area contributed by atoms with E-state index in [4.69, 9.17) is 0 Å². The zero-order chi connectivity index (χ0) is 15.9. The van der Waals surface area contributed by atoms with Crippen LogP contribution in [0, 0.1) is 11.7 Å². The fourth-order valence-corrected chi connectivity index (χ4v) is 2.28. The third-order valence-electron chi connectivity index (χ3n) is 3.62. The van der Waals surface area contributed by atoms with Crippen LogP contribution >= 0.6 is 0 Å². The smallest absolute Gasteiger partial charge is 0.123 e. The Labute approximate surface area is 132 Å². The Morgan fingerprint density at radius 1 is 1.00 bits per heavy atom. The van der Waals surface area contributed by atoms with Gasteiger partial charge in [-0.25, -0.2) is 4.39 Å². The highest BCUT2D eigenvalue weighted by molar-refractivity contribution is 5.69. The van der Waals surface area contributed by atoms with Gasteiger partial charge in [0, 0.05) is 6.54 Å². The Hall–Kier alpha value is -1.93. The van der Waals surface area contributed by atoms with Crippen molar-refractivity contribution in [2.24, 2.45) is 5.92 Å². The maximum atomic E-state index is 13.0. The summed E-state index contributed by atoms with van der Waals surface area (Å²) in [6.07, 6.45) is 2.22. The SMILES string of the molecule is C/C(=C/CNCC(C)C)c1ccc(-c2ccc(F)cc2)cc1. The summed E-state index contributed by atoms with van der Waals surface area (Å²) in [4.78, 5) is 0. The van der Waals surface area contributed by atoms with Crippen molar-refractivity contribution >= 4 is 5.57 Å². The first-order valence-electron chi connectivity index (χ1n) is 7.80. The number of hydrogen-bond acceptors (Lipinski definition) is 1. The number of rotatable bonds is 6. The van der Waals surface area contributed by atoms with Gasteiger partial charge >= 0.3 is 0 Å². The molecule has 0 aliphatic carbocycles. The van der Waals surface area contributed by atoms with Crippen molar-refractivity contribution in [1.82, 2.24) is 5.32 Å². The molecule has 0 atom stereocenters. The molecule has 1 nitrogen and oxygen atoms in total. The van der Waals surface area contributed by atoms with Gasteiger partial charge in [-0.2, -0.15) is 0 Å². The van der Waals surface area contributed by atoms with Gasteiger partial charge in [-0.05, 0) is 53.8 Å². The van der Waals surface area contributed by atoms with Gasteiger partial charge in [0.05, 0.1) is 0 Å². The van der Waals surface area contributed by atoms with Crippen LogP contribution in [0.2, 0.25) is 0 Å². The minimum atomic E-state index is -0.201. The van der Waals surface area contributed by atoms with E-state index in [1.165, 1.54) is 23.3 Å². The molecule has 0 heterocycles. The monoisotopic (exact) mass is 297 g/mol. The van der Waals surface area contributed by atoms with Crippen molar-refractivity contribution < 1.29 is 4.39 Å². The standard InChI is InChI=1S/C20H24FN/c1-15(2)14-22-13-12-16(3)17-4-6-18(7-5-17)19-8-10-20(21)11-9-19/h4-12,15,22H,13-14H2,1-3H3/b16-12-. The van der Waals surface area contributed by atoms with Gasteiger partial charge in [-0.3, -0.25) is 0 Å². The van der Waals surface area contributed by atoms with E-state index in [-0.39, 0.29) is 5.82 Å². The Kier molecular flexibility index (Phi) is 5.91. The zero-order valence-corrected chi connectivity index (χ0v) is 13.6. The summed E-state index contributed by atoms with van der Waals surface area (Å²) >= 11 is 0. The van der Waals surface area contributed by atoms with Crippen LogP contribution in [0.4, 0.5) is 4.39 Å². The molecule has 2 heteroatoms. The van der Waals surface area contributed by atoms with Crippen LogP contribution in [0.5, 0.6) is 0 Å². The third kappa shape index (κ3) is 4.81. The van der Waals surface area contributed by atoms with E-state index in [9.17, 15) is 4.39 Å². The molecule has 0 aliphatic heterocycles. The highest BCUT2D eigenvalue weighted by Crippen LogP contribution is 2.22. The molecule has 0 saturated carbocycles. The number of hydrogen-bond donors (Lipinski definition) is 1. The summed E-state index contributed by atoms with van der Waals surface area (Å²) in [5.41, 5.74) is 4.63. The maximum absolute atomic E-state index is 13.0. The molecule has 0 radical (unpaired) electrons. The minimum Gasteiger partial charge on any atom is -0.313 e. The van der Waals surface area contributed by atoms with E-state index in [2.05, 4.69) is 56.4 Å². The van der Waals surface area contributed by atoms with Crippen LogP contribution in [0.15, 0.2) is 54.6 Å². The number of halogens is 1. The molecule has 1 N–H and O–H groups in total. The lowest BCUT2D eigenvalue weighted by atomic mass is 10.0. The average molecular weight is 297 g/mol. The van der Waals surface area contributed by atoms with Crippen LogP contribution in [-0.4, -0.2) is 13.1 Å². The van der Waals surface area contributed by atoms with Gasteiger partial charge in [-0.15, -0.1) is 0 Å². The summed E-state index contributed by atoms with van der Waals surface area (Å²) in [6, 6.07) is 15.0. The van der Waals surface area contributed by atoms with Gasteiger partial charge in [0.2, 0.25) is 0 Å². The van der Waals surface area contributed by atoms with Crippen LogP contribution < -0.4 is 5.32 Å². The zero-order valence-electron chi connectivity index (χ0n) is 13.6. The summed E-state index contributed by atoms with van der Waals surface area (Å²) in [7, 11) is 0. The van der Waals surface area contributed by atoms with Gasteiger partial charge in [0.1, 0.15) is 5.82 Å². The fourth-order valence-electron chi connectivity index (χ4n) is 2.28. The molecule has 2 aromatic carbocycles. The molecule has 0 unspecified atom stereocenters. The lowest BCUT2D eigenvalue weighted by Gasteiger charge is -2.07. The van der Waals surface area contributed by atoms with Crippen molar-refractivity contribution in [1.29, 1.82) is 0 Å². The molecule has 0 spiro atoms. The van der Waals surface area contributed by atoms with Crippen molar-refractivity contribution in [3.63, 3.8) is 0 Å². The maximum Gasteiger partial charge on any atom is 0.123 e. The number of allylic oxidation sites excluding steroid dienone is 1. The summed E-state index contributed by atoms with van der Waals surface area (Å²) in [6.45, 7) is 8.47. The van der Waals surface area contributed by atoms with Crippen molar-refractivity contribution in [2.45, 2.75) is 20.8 Å². The molecule has 2 rings (SSSR count). The predicted molar refractivity (Wildman–Crippen MR) is 93.2 cm³/mol. The first kappa shape index (κ1) is 16.4. The van der Waals surface area contributed by atoms with E-state index in [1.54, 1.807) is 0 Å². The Morgan fingerprint density at radius 3 is 2.09 bits per heavy atom. The minimum absolute atomic E-state index is 0.201. The average Bonchev–Trinajstić information content (AvgIpc) is 2.52. The first-order chi connectivity index (χ1) is 10.6. The second kappa shape index (κ2) is 7.90. The molecule has 0 fully saturated rings. The molecule has 2 aromatic rings. The molecule has 0 aromatic heterocycles. The molecule has 0 bridgehead atoms. The molecule has 0 amide bonds. The third-order valence-corrected chi connectivity index (χ3v) is 3.62. The van der Waals surface area contributed by atoms with Crippen LogP contribution in [0.1, 0.15) is 26.3 Å². The highest BCUT2D eigenvalue weighted by atomic mass is 19.1. The number of benzene rings is 2. The Bertz CT molecular complexity index is 609. The Morgan fingerprint density at radius 2 is 1.55 bits per heavy atom.